The Morgan fingerprint density at radius 2 is 2.00 bits per heavy atom. The van der Waals surface area contributed by atoms with Crippen LogP contribution in [-0.4, -0.2) is 5.16 Å². The molecule has 1 aromatic carbocycles. The summed E-state index contributed by atoms with van der Waals surface area (Å²) in [5.41, 5.74) is 7.07. The summed E-state index contributed by atoms with van der Waals surface area (Å²) in [6.07, 6.45) is 1.51. The van der Waals surface area contributed by atoms with Gasteiger partial charge in [-0.1, -0.05) is 22.8 Å². The summed E-state index contributed by atoms with van der Waals surface area (Å²) in [5.74, 6) is 0.265. The lowest BCUT2D eigenvalue weighted by Crippen LogP contribution is -1.92. The summed E-state index contributed by atoms with van der Waals surface area (Å²) in [5, 5.41) is 3.92. The minimum atomic E-state index is -0.502. The Labute approximate surface area is 118 Å². The fraction of sp³-hybridized carbons (Fsp3) is 0.0714. The van der Waals surface area contributed by atoms with Gasteiger partial charge in [0.1, 0.15) is 5.82 Å². The number of rotatable bonds is 2. The van der Waals surface area contributed by atoms with Gasteiger partial charge in [0.05, 0.1) is 16.8 Å². The Morgan fingerprint density at radius 1 is 1.20 bits per heavy atom. The molecule has 0 aliphatic carbocycles. The second kappa shape index (κ2) is 4.68. The molecule has 0 aliphatic heterocycles. The lowest BCUT2D eigenvalue weighted by Gasteiger charge is -2.05. The van der Waals surface area contributed by atoms with Crippen LogP contribution in [0.2, 0.25) is 5.02 Å². The standard InChI is InChI=1S/C14H10ClFN2O2/c1-7-5-6-19-12(7)13-11(14(17)18-20-13)10-8(15)3-2-4-9(10)16/h2-6H,1H3,(H2,17,18). The molecular formula is C14H10ClFN2O2. The zero-order chi connectivity index (χ0) is 14.3. The monoisotopic (exact) mass is 292 g/mol. The first-order chi connectivity index (χ1) is 9.59. The van der Waals surface area contributed by atoms with E-state index in [0.717, 1.165) is 5.56 Å². The van der Waals surface area contributed by atoms with Crippen LogP contribution >= 0.6 is 11.6 Å². The number of nitrogens with two attached hydrogens (primary N) is 1. The van der Waals surface area contributed by atoms with Crippen LogP contribution in [0.5, 0.6) is 0 Å². The maximum Gasteiger partial charge on any atom is 0.212 e. The molecule has 6 heteroatoms. The Kier molecular flexibility index (Phi) is 2.99. The minimum Gasteiger partial charge on any atom is -0.461 e. The van der Waals surface area contributed by atoms with E-state index in [1.165, 1.54) is 18.4 Å². The van der Waals surface area contributed by atoms with Crippen molar-refractivity contribution in [2.75, 3.05) is 5.73 Å². The Hall–Kier alpha value is -2.27. The number of hydrogen-bond acceptors (Lipinski definition) is 4. The molecular weight excluding hydrogens is 283 g/mol. The summed E-state index contributed by atoms with van der Waals surface area (Å²) in [6.45, 7) is 1.84. The zero-order valence-corrected chi connectivity index (χ0v) is 11.2. The molecule has 2 aromatic heterocycles. The molecule has 0 fully saturated rings. The number of aryl methyl sites for hydroxylation is 1. The third-order valence-electron chi connectivity index (χ3n) is 3.00. The second-order valence-electron chi connectivity index (χ2n) is 4.30. The number of benzene rings is 1. The number of nitrogen functional groups attached to an aromatic ring is 1. The molecule has 0 radical (unpaired) electrons. The lowest BCUT2D eigenvalue weighted by molar-refractivity contribution is 0.420. The first-order valence-corrected chi connectivity index (χ1v) is 6.21. The van der Waals surface area contributed by atoms with E-state index < -0.39 is 5.82 Å². The molecule has 102 valence electrons. The van der Waals surface area contributed by atoms with Crippen molar-refractivity contribution in [3.05, 3.63) is 46.9 Å². The molecule has 0 bridgehead atoms. The molecule has 4 nitrogen and oxygen atoms in total. The van der Waals surface area contributed by atoms with Gasteiger partial charge in [-0.2, -0.15) is 0 Å². The van der Waals surface area contributed by atoms with Crippen LogP contribution < -0.4 is 5.73 Å². The smallest absolute Gasteiger partial charge is 0.212 e. The predicted molar refractivity (Wildman–Crippen MR) is 73.8 cm³/mol. The highest BCUT2D eigenvalue weighted by molar-refractivity contribution is 6.33. The van der Waals surface area contributed by atoms with E-state index in [2.05, 4.69) is 5.16 Å². The number of hydrogen-bond donors (Lipinski definition) is 1. The summed E-state index contributed by atoms with van der Waals surface area (Å²) in [6, 6.07) is 6.15. The third-order valence-corrected chi connectivity index (χ3v) is 3.31. The molecule has 0 saturated carbocycles. The molecule has 2 N–H and O–H groups in total. The largest absolute Gasteiger partial charge is 0.461 e. The van der Waals surface area contributed by atoms with Crippen LogP contribution in [-0.2, 0) is 0 Å². The third kappa shape index (κ3) is 1.87. The molecule has 3 aromatic rings. The normalized spacial score (nSPS) is 10.9. The first-order valence-electron chi connectivity index (χ1n) is 5.83. The fourth-order valence-electron chi connectivity index (χ4n) is 2.04. The number of nitrogens with zero attached hydrogens (tertiary/aromatic N) is 1. The highest BCUT2D eigenvalue weighted by Crippen LogP contribution is 2.42. The Bertz CT molecular complexity index is 759. The van der Waals surface area contributed by atoms with Gasteiger partial charge in [-0.15, -0.1) is 0 Å². The maximum atomic E-state index is 14.1. The number of anilines is 1. The van der Waals surface area contributed by atoms with Crippen molar-refractivity contribution < 1.29 is 13.3 Å². The van der Waals surface area contributed by atoms with Crippen LogP contribution in [0.3, 0.4) is 0 Å². The van der Waals surface area contributed by atoms with Crippen molar-refractivity contribution >= 4 is 17.4 Å². The van der Waals surface area contributed by atoms with Crippen LogP contribution in [0.4, 0.5) is 10.2 Å². The zero-order valence-electron chi connectivity index (χ0n) is 10.5. The maximum absolute atomic E-state index is 14.1. The molecule has 0 atom stereocenters. The van der Waals surface area contributed by atoms with Crippen molar-refractivity contribution in [3.8, 4) is 22.6 Å². The average Bonchev–Trinajstić information content (AvgIpc) is 2.97. The Balaban J connectivity index is 2.31. The summed E-state index contributed by atoms with van der Waals surface area (Å²) >= 11 is 6.07. The van der Waals surface area contributed by atoms with E-state index in [4.69, 9.17) is 26.3 Å². The lowest BCUT2D eigenvalue weighted by atomic mass is 10.0. The molecule has 0 spiro atoms. The van der Waals surface area contributed by atoms with Gasteiger partial charge < -0.3 is 14.7 Å². The van der Waals surface area contributed by atoms with Gasteiger partial charge >= 0.3 is 0 Å². The molecule has 0 saturated heterocycles. The van der Waals surface area contributed by atoms with Gasteiger partial charge in [0.25, 0.3) is 0 Å². The van der Waals surface area contributed by atoms with Gasteiger partial charge in [-0.25, -0.2) is 4.39 Å². The van der Waals surface area contributed by atoms with Gasteiger partial charge in [-0.05, 0) is 30.7 Å². The van der Waals surface area contributed by atoms with E-state index in [1.807, 2.05) is 6.92 Å². The van der Waals surface area contributed by atoms with Crippen molar-refractivity contribution in [3.63, 3.8) is 0 Å². The first kappa shape index (κ1) is 12.7. The summed E-state index contributed by atoms with van der Waals surface area (Å²) in [7, 11) is 0. The van der Waals surface area contributed by atoms with E-state index in [0.29, 0.717) is 11.3 Å². The van der Waals surface area contributed by atoms with Crippen molar-refractivity contribution in [2.45, 2.75) is 6.92 Å². The number of halogens is 2. The molecule has 2 heterocycles. The molecule has 20 heavy (non-hydrogen) atoms. The van der Waals surface area contributed by atoms with Crippen molar-refractivity contribution in [1.29, 1.82) is 0 Å². The van der Waals surface area contributed by atoms with E-state index in [-0.39, 0.29) is 22.2 Å². The topological polar surface area (TPSA) is 65.2 Å². The van der Waals surface area contributed by atoms with Gasteiger partial charge in [0, 0.05) is 5.56 Å². The average molecular weight is 293 g/mol. The molecule has 0 unspecified atom stereocenters. The summed E-state index contributed by atoms with van der Waals surface area (Å²) in [4.78, 5) is 0. The molecule has 0 aliphatic rings. The van der Waals surface area contributed by atoms with Crippen LogP contribution in [0.25, 0.3) is 22.6 Å². The van der Waals surface area contributed by atoms with Crippen molar-refractivity contribution in [2.24, 2.45) is 0 Å². The quantitative estimate of drug-likeness (QED) is 0.765. The van der Waals surface area contributed by atoms with Crippen LogP contribution in [0, 0.1) is 12.7 Å². The van der Waals surface area contributed by atoms with Gasteiger partial charge in [0.15, 0.2) is 11.6 Å². The van der Waals surface area contributed by atoms with Crippen LogP contribution in [0.1, 0.15) is 5.56 Å². The number of furan rings is 1. The highest BCUT2D eigenvalue weighted by Gasteiger charge is 2.25. The van der Waals surface area contributed by atoms with E-state index >= 15 is 0 Å². The second-order valence-corrected chi connectivity index (χ2v) is 4.71. The minimum absolute atomic E-state index is 0.0581. The SMILES string of the molecule is Cc1ccoc1-c1onc(N)c1-c1c(F)cccc1Cl. The predicted octanol–water partition coefficient (Wildman–Crippen LogP) is 4.28. The van der Waals surface area contributed by atoms with Crippen molar-refractivity contribution in [1.82, 2.24) is 5.16 Å². The fourth-order valence-corrected chi connectivity index (χ4v) is 2.30. The molecule has 3 rings (SSSR count). The van der Waals surface area contributed by atoms with Gasteiger partial charge in [0.2, 0.25) is 5.76 Å². The number of aromatic nitrogens is 1. The Morgan fingerprint density at radius 3 is 2.65 bits per heavy atom. The van der Waals surface area contributed by atoms with E-state index in [9.17, 15) is 4.39 Å². The summed E-state index contributed by atoms with van der Waals surface area (Å²) < 4.78 is 24.6. The van der Waals surface area contributed by atoms with Crippen LogP contribution in [0.15, 0.2) is 39.5 Å². The highest BCUT2D eigenvalue weighted by atomic mass is 35.5. The molecule has 0 amide bonds. The van der Waals surface area contributed by atoms with Gasteiger partial charge in [-0.3, -0.25) is 0 Å². The van der Waals surface area contributed by atoms with E-state index in [1.54, 1.807) is 12.1 Å².